The summed E-state index contributed by atoms with van der Waals surface area (Å²) < 4.78 is 2.96. The van der Waals surface area contributed by atoms with Gasteiger partial charge in [0.05, 0.1) is 10.2 Å². The number of fused-ring (bicyclic) bond motifs is 4. The molecule has 1 N–H and O–H groups in total. The van der Waals surface area contributed by atoms with E-state index in [0.29, 0.717) is 12.0 Å². The van der Waals surface area contributed by atoms with Crippen LogP contribution in [0.4, 0.5) is 0 Å². The zero-order valence-electron chi connectivity index (χ0n) is 11.8. The Labute approximate surface area is 132 Å². The highest BCUT2D eigenvalue weighted by Gasteiger charge is 2.34. The fourth-order valence-electron chi connectivity index (χ4n) is 3.58. The lowest BCUT2D eigenvalue weighted by molar-refractivity contribution is 0.0620. The van der Waals surface area contributed by atoms with Gasteiger partial charge in [-0.05, 0) is 72.0 Å². The average Bonchev–Trinajstić information content (AvgIpc) is 2.89. The first-order chi connectivity index (χ1) is 10.2. The molecule has 4 nitrogen and oxygen atoms in total. The zero-order valence-corrected chi connectivity index (χ0v) is 13.3. The number of pyridine rings is 1. The lowest BCUT2D eigenvalue weighted by Crippen LogP contribution is -2.57. The number of hydrogen-bond acceptors (Lipinski definition) is 2. The molecule has 0 unspecified atom stereocenters. The number of rotatable bonds is 2. The Bertz CT molecular complexity index is 688. The van der Waals surface area contributed by atoms with Gasteiger partial charge >= 0.3 is 0 Å². The number of amides is 1. The Hall–Kier alpha value is -1.33. The molecule has 3 fully saturated rings. The molecule has 5 heterocycles. The first kappa shape index (κ1) is 13.3. The molecule has 0 spiro atoms. The number of nitrogens with one attached hydrogen (secondary N) is 1. The van der Waals surface area contributed by atoms with Gasteiger partial charge in [0.15, 0.2) is 0 Å². The lowest BCUT2D eigenvalue weighted by atomic mass is 9.84. The van der Waals surface area contributed by atoms with Crippen LogP contribution in [0.5, 0.6) is 0 Å². The fraction of sp³-hybridized carbons (Fsp3) is 0.438. The van der Waals surface area contributed by atoms with Gasteiger partial charge in [0.1, 0.15) is 0 Å². The molecular weight excluding hydrogens is 330 g/mol. The number of piperidine rings is 3. The molecule has 0 aromatic carbocycles. The molecular formula is C16H18BrN3O. The minimum absolute atomic E-state index is 0.0382. The van der Waals surface area contributed by atoms with E-state index >= 15 is 0 Å². The van der Waals surface area contributed by atoms with Gasteiger partial charge in [0, 0.05) is 24.3 Å². The molecule has 3 aliphatic heterocycles. The molecule has 5 heteroatoms. The highest BCUT2D eigenvalue weighted by molar-refractivity contribution is 9.10. The third kappa shape index (κ3) is 2.38. The van der Waals surface area contributed by atoms with Crippen LogP contribution in [-0.4, -0.2) is 40.9 Å². The second kappa shape index (κ2) is 5.14. The molecule has 1 atom stereocenters. The van der Waals surface area contributed by atoms with Crippen LogP contribution in [0.15, 0.2) is 35.1 Å². The minimum atomic E-state index is 0.0382. The summed E-state index contributed by atoms with van der Waals surface area (Å²) in [7, 11) is 0. The van der Waals surface area contributed by atoms with E-state index in [9.17, 15) is 4.79 Å². The maximum Gasteiger partial charge on any atom is 0.253 e. The Morgan fingerprint density at radius 1 is 1.19 bits per heavy atom. The van der Waals surface area contributed by atoms with E-state index in [4.69, 9.17) is 0 Å². The van der Waals surface area contributed by atoms with Crippen LogP contribution in [0.3, 0.4) is 0 Å². The number of halogens is 1. The smallest absolute Gasteiger partial charge is 0.253 e. The van der Waals surface area contributed by atoms with E-state index in [1.807, 2.05) is 34.9 Å². The van der Waals surface area contributed by atoms with Crippen molar-refractivity contribution < 1.29 is 4.79 Å². The molecule has 0 radical (unpaired) electrons. The highest BCUT2D eigenvalue weighted by Crippen LogP contribution is 2.27. The second-order valence-electron chi connectivity index (χ2n) is 6.09. The molecule has 3 saturated heterocycles. The van der Waals surface area contributed by atoms with Gasteiger partial charge in [0.2, 0.25) is 0 Å². The maximum atomic E-state index is 12.5. The molecule has 0 aliphatic carbocycles. The van der Waals surface area contributed by atoms with E-state index in [1.165, 1.54) is 25.9 Å². The van der Waals surface area contributed by atoms with Crippen molar-refractivity contribution in [3.05, 3.63) is 40.6 Å². The minimum Gasteiger partial charge on any atom is -0.348 e. The van der Waals surface area contributed by atoms with Crippen molar-refractivity contribution >= 4 is 27.4 Å². The SMILES string of the molecule is O=C(N[C@H]1CN2CCC1CC2)c1ccc2ccc(Br)n2c1. The number of aromatic nitrogens is 1. The van der Waals surface area contributed by atoms with Crippen molar-refractivity contribution in [2.24, 2.45) is 5.92 Å². The van der Waals surface area contributed by atoms with Crippen LogP contribution >= 0.6 is 15.9 Å². The molecule has 2 bridgehead atoms. The number of nitrogens with zero attached hydrogens (tertiary/aromatic N) is 2. The van der Waals surface area contributed by atoms with Crippen molar-refractivity contribution in [1.29, 1.82) is 0 Å². The largest absolute Gasteiger partial charge is 0.348 e. The van der Waals surface area contributed by atoms with Gasteiger partial charge < -0.3 is 14.6 Å². The van der Waals surface area contributed by atoms with E-state index in [1.54, 1.807) is 0 Å². The van der Waals surface area contributed by atoms with Crippen LogP contribution in [0.25, 0.3) is 5.52 Å². The monoisotopic (exact) mass is 347 g/mol. The lowest BCUT2D eigenvalue weighted by Gasteiger charge is -2.44. The summed E-state index contributed by atoms with van der Waals surface area (Å²) in [5.74, 6) is 0.692. The quantitative estimate of drug-likeness (QED) is 0.906. The van der Waals surface area contributed by atoms with Crippen LogP contribution < -0.4 is 5.32 Å². The third-order valence-corrected chi connectivity index (χ3v) is 5.48. The van der Waals surface area contributed by atoms with E-state index in [2.05, 4.69) is 26.1 Å². The maximum absolute atomic E-state index is 12.5. The van der Waals surface area contributed by atoms with Gasteiger partial charge in [-0.25, -0.2) is 0 Å². The van der Waals surface area contributed by atoms with E-state index in [-0.39, 0.29) is 5.91 Å². The van der Waals surface area contributed by atoms with Crippen LogP contribution in [0.2, 0.25) is 0 Å². The van der Waals surface area contributed by atoms with Crippen molar-refractivity contribution in [2.75, 3.05) is 19.6 Å². The molecule has 1 amide bonds. The Morgan fingerprint density at radius 2 is 1.95 bits per heavy atom. The van der Waals surface area contributed by atoms with Crippen molar-refractivity contribution in [3.63, 3.8) is 0 Å². The highest BCUT2D eigenvalue weighted by atomic mass is 79.9. The summed E-state index contributed by atoms with van der Waals surface area (Å²) in [4.78, 5) is 15.0. The van der Waals surface area contributed by atoms with Crippen molar-refractivity contribution in [3.8, 4) is 0 Å². The van der Waals surface area contributed by atoms with Gasteiger partial charge in [-0.2, -0.15) is 0 Å². The average molecular weight is 348 g/mol. The van der Waals surface area contributed by atoms with Crippen LogP contribution in [-0.2, 0) is 0 Å². The summed E-state index contributed by atoms with van der Waals surface area (Å²) in [6.07, 6.45) is 4.33. The number of carbonyl (C=O) groups is 1. The summed E-state index contributed by atoms with van der Waals surface area (Å²) in [5.41, 5.74) is 1.80. The molecule has 2 aromatic heterocycles. The summed E-state index contributed by atoms with van der Waals surface area (Å²) in [5, 5.41) is 3.23. The van der Waals surface area contributed by atoms with Gasteiger partial charge in [0.25, 0.3) is 5.91 Å². The second-order valence-corrected chi connectivity index (χ2v) is 6.90. The predicted octanol–water partition coefficient (Wildman–Crippen LogP) is 2.53. The molecule has 5 rings (SSSR count). The van der Waals surface area contributed by atoms with Crippen LogP contribution in [0.1, 0.15) is 23.2 Å². The van der Waals surface area contributed by atoms with Crippen LogP contribution in [0, 0.1) is 5.92 Å². The summed E-state index contributed by atoms with van der Waals surface area (Å²) in [6.45, 7) is 3.39. The predicted molar refractivity (Wildman–Crippen MR) is 85.5 cm³/mol. The van der Waals surface area contributed by atoms with Gasteiger partial charge in [-0.15, -0.1) is 0 Å². The fourth-order valence-corrected chi connectivity index (χ4v) is 4.02. The summed E-state index contributed by atoms with van der Waals surface area (Å²) >= 11 is 3.50. The molecule has 110 valence electrons. The van der Waals surface area contributed by atoms with E-state index in [0.717, 1.165) is 22.2 Å². The van der Waals surface area contributed by atoms with Crippen molar-refractivity contribution in [1.82, 2.24) is 14.6 Å². The Kier molecular flexibility index (Phi) is 3.27. The normalized spacial score (nSPS) is 28.0. The molecule has 0 saturated carbocycles. The standard InChI is InChI=1S/C16H18BrN3O/c17-15-4-3-13-2-1-12(9-20(13)15)16(21)18-14-10-19-7-5-11(14)6-8-19/h1-4,9,11,14H,5-8,10H2,(H,18,21)/t14-/m0/s1. The zero-order chi connectivity index (χ0) is 14.4. The Balaban J connectivity index is 1.54. The van der Waals surface area contributed by atoms with E-state index < -0.39 is 0 Å². The first-order valence-electron chi connectivity index (χ1n) is 7.50. The number of carbonyl (C=O) groups excluding carboxylic acids is 1. The molecule has 21 heavy (non-hydrogen) atoms. The van der Waals surface area contributed by atoms with Crippen molar-refractivity contribution in [2.45, 2.75) is 18.9 Å². The first-order valence-corrected chi connectivity index (χ1v) is 8.30. The molecule has 2 aromatic rings. The number of hydrogen-bond donors (Lipinski definition) is 1. The molecule has 3 aliphatic rings. The Morgan fingerprint density at radius 3 is 2.67 bits per heavy atom. The summed E-state index contributed by atoms with van der Waals surface area (Å²) in [6, 6.07) is 8.21. The van der Waals surface area contributed by atoms with Gasteiger partial charge in [-0.1, -0.05) is 0 Å². The topological polar surface area (TPSA) is 36.8 Å². The van der Waals surface area contributed by atoms with Gasteiger partial charge in [-0.3, -0.25) is 4.79 Å². The third-order valence-electron chi connectivity index (χ3n) is 4.84.